The Morgan fingerprint density at radius 3 is 2.34 bits per heavy atom. The van der Waals surface area contributed by atoms with Gasteiger partial charge in [-0.15, -0.1) is 0 Å². The molecule has 8 nitrogen and oxygen atoms in total. The van der Waals surface area contributed by atoms with Crippen molar-refractivity contribution in [1.29, 1.82) is 0 Å². The molecule has 2 aromatic carbocycles. The Bertz CT molecular complexity index is 989. The molecule has 3 rings (SSSR count). The number of rotatable bonds is 7. The normalized spacial score (nSPS) is 12.0. The number of nitrogens with two attached hydrogens (primary N) is 1. The van der Waals surface area contributed by atoms with Gasteiger partial charge in [0.2, 0.25) is 11.6 Å². The Balaban J connectivity index is 1.99. The highest BCUT2D eigenvalue weighted by molar-refractivity contribution is 5.77. The molecule has 0 saturated carbocycles. The van der Waals surface area contributed by atoms with Gasteiger partial charge in [0.25, 0.3) is 0 Å². The minimum atomic E-state index is -0.833. The number of aryl methyl sites for hydroxylation is 1. The average Bonchev–Trinajstić information content (AvgIpc) is 3.09. The van der Waals surface area contributed by atoms with Crippen LogP contribution >= 0.6 is 0 Å². The molecule has 0 aliphatic carbocycles. The third kappa shape index (κ3) is 4.13. The summed E-state index contributed by atoms with van der Waals surface area (Å²) in [5.74, 6) is 1.27. The van der Waals surface area contributed by atoms with E-state index in [0.29, 0.717) is 40.6 Å². The highest BCUT2D eigenvalue weighted by Crippen LogP contribution is 2.41. The second-order valence-electron chi connectivity index (χ2n) is 6.62. The van der Waals surface area contributed by atoms with Crippen molar-refractivity contribution in [3.8, 4) is 40.0 Å². The van der Waals surface area contributed by atoms with E-state index in [4.69, 9.17) is 24.7 Å². The molecule has 154 valence electrons. The van der Waals surface area contributed by atoms with Gasteiger partial charge in [0.15, 0.2) is 11.5 Å². The molecule has 0 fully saturated rings. The summed E-state index contributed by atoms with van der Waals surface area (Å²) in [6.45, 7) is 1.47. The Morgan fingerprint density at radius 2 is 1.79 bits per heavy atom. The van der Waals surface area contributed by atoms with E-state index in [-0.39, 0.29) is 23.9 Å². The lowest BCUT2D eigenvalue weighted by Gasteiger charge is -2.10. The standard InChI is InChI=1S/C21H24N2O6/c1-11-19(15-5-4-12(7-16(15)22)6-14(25)10-24)23-21(29-11)13-8-17(27-2)20(26)18(9-13)28-3/h4-5,7-9,14,24-26H,6,10,22H2,1-3H3. The summed E-state index contributed by atoms with van der Waals surface area (Å²) in [5.41, 5.74) is 9.34. The zero-order chi connectivity index (χ0) is 21.1. The molecule has 1 aromatic heterocycles. The molecular weight excluding hydrogens is 376 g/mol. The summed E-state index contributed by atoms with van der Waals surface area (Å²) in [4.78, 5) is 4.57. The molecule has 8 heteroatoms. The zero-order valence-corrected chi connectivity index (χ0v) is 16.5. The van der Waals surface area contributed by atoms with Gasteiger partial charge >= 0.3 is 0 Å². The van der Waals surface area contributed by atoms with Gasteiger partial charge in [-0.3, -0.25) is 0 Å². The van der Waals surface area contributed by atoms with Gasteiger partial charge in [-0.1, -0.05) is 12.1 Å². The van der Waals surface area contributed by atoms with Crippen molar-refractivity contribution < 1.29 is 29.2 Å². The van der Waals surface area contributed by atoms with E-state index in [9.17, 15) is 10.2 Å². The van der Waals surface area contributed by atoms with Crippen molar-refractivity contribution in [2.75, 3.05) is 26.6 Å². The van der Waals surface area contributed by atoms with Gasteiger partial charge in [0.1, 0.15) is 11.5 Å². The van der Waals surface area contributed by atoms with Crippen LogP contribution in [0.2, 0.25) is 0 Å². The number of phenols is 1. The fraction of sp³-hybridized carbons (Fsp3) is 0.286. The van der Waals surface area contributed by atoms with Crippen LogP contribution in [0.5, 0.6) is 17.2 Å². The van der Waals surface area contributed by atoms with Gasteiger partial charge in [0.05, 0.1) is 26.9 Å². The van der Waals surface area contributed by atoms with E-state index in [0.717, 1.165) is 5.56 Å². The van der Waals surface area contributed by atoms with Crippen molar-refractivity contribution in [3.63, 3.8) is 0 Å². The van der Waals surface area contributed by atoms with Crippen LogP contribution in [-0.2, 0) is 6.42 Å². The average molecular weight is 400 g/mol. The highest BCUT2D eigenvalue weighted by Gasteiger charge is 2.19. The van der Waals surface area contributed by atoms with Gasteiger partial charge in [-0.25, -0.2) is 4.98 Å². The van der Waals surface area contributed by atoms with Crippen LogP contribution in [0.25, 0.3) is 22.7 Å². The summed E-state index contributed by atoms with van der Waals surface area (Å²) in [7, 11) is 2.89. The predicted molar refractivity (Wildman–Crippen MR) is 108 cm³/mol. The summed E-state index contributed by atoms with van der Waals surface area (Å²) in [6, 6.07) is 8.59. The molecule has 5 N–H and O–H groups in total. The largest absolute Gasteiger partial charge is 0.502 e. The number of methoxy groups -OCH3 is 2. The fourth-order valence-corrected chi connectivity index (χ4v) is 3.08. The van der Waals surface area contributed by atoms with Crippen LogP contribution in [0.4, 0.5) is 5.69 Å². The van der Waals surface area contributed by atoms with Crippen LogP contribution < -0.4 is 15.2 Å². The Morgan fingerprint density at radius 1 is 1.14 bits per heavy atom. The quantitative estimate of drug-likeness (QED) is 0.445. The van der Waals surface area contributed by atoms with Crippen molar-refractivity contribution >= 4 is 5.69 Å². The lowest BCUT2D eigenvalue weighted by Crippen LogP contribution is -2.15. The van der Waals surface area contributed by atoms with Gasteiger partial charge in [0, 0.05) is 23.2 Å². The van der Waals surface area contributed by atoms with E-state index >= 15 is 0 Å². The molecule has 0 amide bonds. The molecular formula is C21H24N2O6. The van der Waals surface area contributed by atoms with Crippen LogP contribution in [0.1, 0.15) is 11.3 Å². The second kappa shape index (κ2) is 8.42. The van der Waals surface area contributed by atoms with Gasteiger partial charge < -0.3 is 34.9 Å². The Kier molecular flexibility index (Phi) is 5.95. The lowest BCUT2D eigenvalue weighted by molar-refractivity contribution is 0.0955. The predicted octanol–water partition coefficient (Wildman–Crippen LogP) is 2.52. The SMILES string of the molecule is COc1cc(-c2nc(-c3ccc(CC(O)CO)cc3N)c(C)o2)cc(OC)c1O. The third-order valence-electron chi connectivity index (χ3n) is 4.58. The number of anilines is 1. The number of aliphatic hydroxyl groups excluding tert-OH is 2. The first-order valence-corrected chi connectivity index (χ1v) is 8.98. The number of aromatic nitrogens is 1. The monoisotopic (exact) mass is 400 g/mol. The zero-order valence-electron chi connectivity index (χ0n) is 16.5. The number of hydrogen-bond donors (Lipinski definition) is 4. The maximum Gasteiger partial charge on any atom is 0.227 e. The van der Waals surface area contributed by atoms with E-state index in [1.807, 2.05) is 6.07 Å². The maximum atomic E-state index is 10.1. The number of ether oxygens (including phenoxy) is 2. The van der Waals surface area contributed by atoms with Crippen molar-refractivity contribution in [2.24, 2.45) is 0 Å². The number of aliphatic hydroxyl groups is 2. The van der Waals surface area contributed by atoms with Gasteiger partial charge in [-0.2, -0.15) is 0 Å². The van der Waals surface area contributed by atoms with Crippen LogP contribution in [0.3, 0.4) is 0 Å². The molecule has 0 spiro atoms. The van der Waals surface area contributed by atoms with Crippen LogP contribution in [-0.4, -0.2) is 47.2 Å². The smallest absolute Gasteiger partial charge is 0.227 e. The third-order valence-corrected chi connectivity index (χ3v) is 4.58. The number of aromatic hydroxyl groups is 1. The molecule has 0 saturated heterocycles. The van der Waals surface area contributed by atoms with Crippen molar-refractivity contribution in [2.45, 2.75) is 19.4 Å². The molecule has 0 aliphatic rings. The summed E-state index contributed by atoms with van der Waals surface area (Å²) in [6.07, 6.45) is -0.531. The first-order chi connectivity index (χ1) is 13.9. The van der Waals surface area contributed by atoms with E-state index in [1.165, 1.54) is 14.2 Å². The van der Waals surface area contributed by atoms with Gasteiger partial charge in [-0.05, 0) is 30.7 Å². The van der Waals surface area contributed by atoms with E-state index in [2.05, 4.69) is 4.98 Å². The molecule has 0 radical (unpaired) electrons. The number of nitrogen functional groups attached to an aromatic ring is 1. The molecule has 29 heavy (non-hydrogen) atoms. The number of oxazole rings is 1. The molecule has 1 heterocycles. The van der Waals surface area contributed by atoms with Crippen LogP contribution in [0.15, 0.2) is 34.7 Å². The first kappa shape index (κ1) is 20.5. The van der Waals surface area contributed by atoms with Crippen molar-refractivity contribution in [3.05, 3.63) is 41.7 Å². The molecule has 0 bridgehead atoms. The molecule has 1 unspecified atom stereocenters. The second-order valence-corrected chi connectivity index (χ2v) is 6.62. The number of nitrogens with zero attached hydrogens (tertiary/aromatic N) is 1. The fourth-order valence-electron chi connectivity index (χ4n) is 3.08. The van der Waals surface area contributed by atoms with E-state index in [1.54, 1.807) is 31.2 Å². The molecule has 3 aromatic rings. The Labute approximate surface area is 168 Å². The summed E-state index contributed by atoms with van der Waals surface area (Å²) in [5, 5.41) is 28.7. The minimum absolute atomic E-state index is 0.104. The summed E-state index contributed by atoms with van der Waals surface area (Å²) >= 11 is 0. The minimum Gasteiger partial charge on any atom is -0.502 e. The van der Waals surface area contributed by atoms with Crippen molar-refractivity contribution in [1.82, 2.24) is 4.98 Å². The summed E-state index contributed by atoms with van der Waals surface area (Å²) < 4.78 is 16.2. The van der Waals surface area contributed by atoms with E-state index < -0.39 is 6.10 Å². The topological polar surface area (TPSA) is 131 Å². The lowest BCUT2D eigenvalue weighted by atomic mass is 10.0. The van der Waals surface area contributed by atoms with Crippen LogP contribution in [0, 0.1) is 6.92 Å². The highest BCUT2D eigenvalue weighted by atomic mass is 16.5. The maximum absolute atomic E-state index is 10.1. The molecule has 0 aliphatic heterocycles. The number of phenolic OH excluding ortho intramolecular Hbond substituents is 1. The first-order valence-electron chi connectivity index (χ1n) is 8.98. The Hall–Kier alpha value is -3.23. The number of hydrogen-bond acceptors (Lipinski definition) is 8. The molecule has 1 atom stereocenters. The number of benzene rings is 2.